The Morgan fingerprint density at radius 2 is 0.614 bits per heavy atom. The molecule has 6 heteroatoms. The monoisotopic (exact) mass is 807 g/mol. The molecule has 6 nitrogen and oxygen atoms in total. The number of carbonyl (C=O) groups excluding carboxylic acids is 3. The number of rotatable bonds is 46. The minimum absolute atomic E-state index is 0.0630. The molecule has 0 amide bonds. The molecule has 0 fully saturated rings. The molecule has 0 spiro atoms. The maximum Gasteiger partial charge on any atom is 0.306 e. The highest BCUT2D eigenvalue weighted by Gasteiger charge is 2.19. The summed E-state index contributed by atoms with van der Waals surface area (Å²) >= 11 is 0. The Balaban J connectivity index is 4.30. The third-order valence-electron chi connectivity index (χ3n) is 11.9. The number of ether oxygens (including phenoxy) is 3. The van der Waals surface area contributed by atoms with Gasteiger partial charge in [0.1, 0.15) is 13.2 Å². The zero-order chi connectivity index (χ0) is 41.7. The van der Waals surface area contributed by atoms with Crippen molar-refractivity contribution in [1.82, 2.24) is 0 Å². The largest absolute Gasteiger partial charge is 0.462 e. The van der Waals surface area contributed by atoms with Crippen LogP contribution in [-0.4, -0.2) is 37.2 Å². The van der Waals surface area contributed by atoms with Gasteiger partial charge in [-0.1, -0.05) is 246 Å². The molecule has 2 atom stereocenters. The summed E-state index contributed by atoms with van der Waals surface area (Å²) in [6.45, 7) is 9.03. The van der Waals surface area contributed by atoms with Crippen LogP contribution in [0.1, 0.15) is 285 Å². The van der Waals surface area contributed by atoms with Crippen LogP contribution in [0.15, 0.2) is 0 Å². The molecule has 0 saturated carbocycles. The maximum absolute atomic E-state index is 12.8. The average Bonchev–Trinajstić information content (AvgIpc) is 3.21. The third-order valence-corrected chi connectivity index (χ3v) is 11.9. The van der Waals surface area contributed by atoms with Crippen molar-refractivity contribution in [1.29, 1.82) is 0 Å². The SMILES string of the molecule is CCCCCCCCCCCCCCCCCC(=O)OC[C@H](COC(=O)CCCCCCCCCCCC)OC(=O)CCCCCCCCCCCCC(C)CC. The van der Waals surface area contributed by atoms with Crippen molar-refractivity contribution >= 4 is 17.9 Å². The van der Waals surface area contributed by atoms with Crippen LogP contribution in [0.25, 0.3) is 0 Å². The molecule has 0 aliphatic heterocycles. The van der Waals surface area contributed by atoms with Crippen LogP contribution in [0.4, 0.5) is 0 Å². The second-order valence-corrected chi connectivity index (χ2v) is 17.7. The van der Waals surface area contributed by atoms with Crippen molar-refractivity contribution in [2.24, 2.45) is 5.92 Å². The van der Waals surface area contributed by atoms with Gasteiger partial charge in [0.25, 0.3) is 0 Å². The van der Waals surface area contributed by atoms with Crippen molar-refractivity contribution < 1.29 is 28.6 Å². The quantitative estimate of drug-likeness (QED) is 0.0346. The number of hydrogen-bond acceptors (Lipinski definition) is 6. The lowest BCUT2D eigenvalue weighted by Crippen LogP contribution is -2.30. The van der Waals surface area contributed by atoms with E-state index in [1.54, 1.807) is 0 Å². The van der Waals surface area contributed by atoms with Crippen molar-refractivity contribution in [3.05, 3.63) is 0 Å². The highest BCUT2D eigenvalue weighted by atomic mass is 16.6. The van der Waals surface area contributed by atoms with Gasteiger partial charge < -0.3 is 14.2 Å². The van der Waals surface area contributed by atoms with Gasteiger partial charge in [0, 0.05) is 19.3 Å². The number of unbranched alkanes of at least 4 members (excludes halogenated alkanes) is 32. The first-order valence-electron chi connectivity index (χ1n) is 25.4. The molecule has 0 bridgehead atoms. The van der Waals surface area contributed by atoms with Crippen LogP contribution in [0.3, 0.4) is 0 Å². The zero-order valence-corrected chi connectivity index (χ0v) is 38.8. The topological polar surface area (TPSA) is 78.9 Å². The molecule has 0 N–H and O–H groups in total. The zero-order valence-electron chi connectivity index (χ0n) is 38.8. The van der Waals surface area contributed by atoms with E-state index in [2.05, 4.69) is 27.7 Å². The molecule has 57 heavy (non-hydrogen) atoms. The van der Waals surface area contributed by atoms with Crippen LogP contribution in [0.5, 0.6) is 0 Å². The van der Waals surface area contributed by atoms with E-state index in [1.807, 2.05) is 0 Å². The number of hydrogen-bond donors (Lipinski definition) is 0. The average molecular weight is 807 g/mol. The Kier molecular flexibility index (Phi) is 44.2. The van der Waals surface area contributed by atoms with Gasteiger partial charge in [-0.2, -0.15) is 0 Å². The van der Waals surface area contributed by atoms with E-state index in [-0.39, 0.29) is 31.1 Å². The lowest BCUT2D eigenvalue weighted by atomic mass is 9.99. The summed E-state index contributed by atoms with van der Waals surface area (Å²) in [6, 6.07) is 0. The van der Waals surface area contributed by atoms with E-state index in [9.17, 15) is 14.4 Å². The normalized spacial score (nSPS) is 12.4. The molecular weight excluding hydrogens is 709 g/mol. The molecule has 338 valence electrons. The second kappa shape index (κ2) is 45.5. The van der Waals surface area contributed by atoms with Crippen LogP contribution < -0.4 is 0 Å². The molecule has 0 radical (unpaired) electrons. The molecule has 0 aliphatic carbocycles. The van der Waals surface area contributed by atoms with Crippen molar-refractivity contribution in [2.45, 2.75) is 291 Å². The molecule has 0 aliphatic rings. The molecule has 0 heterocycles. The molecular formula is C51H98O6. The first kappa shape index (κ1) is 55.4. The predicted octanol–water partition coefficient (Wildman–Crippen LogP) is 16.3. The smallest absolute Gasteiger partial charge is 0.306 e. The molecule has 0 rings (SSSR count). The molecule has 0 saturated heterocycles. The Morgan fingerprint density at radius 1 is 0.351 bits per heavy atom. The second-order valence-electron chi connectivity index (χ2n) is 17.7. The fourth-order valence-corrected chi connectivity index (χ4v) is 7.66. The summed E-state index contributed by atoms with van der Waals surface area (Å²) in [5, 5.41) is 0. The summed E-state index contributed by atoms with van der Waals surface area (Å²) in [5.41, 5.74) is 0. The fourth-order valence-electron chi connectivity index (χ4n) is 7.66. The Bertz CT molecular complexity index is 859. The summed E-state index contributed by atoms with van der Waals surface area (Å²) in [7, 11) is 0. The summed E-state index contributed by atoms with van der Waals surface area (Å²) in [4.78, 5) is 37.9. The van der Waals surface area contributed by atoms with E-state index < -0.39 is 6.10 Å². The van der Waals surface area contributed by atoms with Crippen molar-refractivity contribution in [3.63, 3.8) is 0 Å². The summed E-state index contributed by atoms with van der Waals surface area (Å²) in [6.07, 6.45) is 46.5. The van der Waals surface area contributed by atoms with Gasteiger partial charge in [0.2, 0.25) is 0 Å². The predicted molar refractivity (Wildman–Crippen MR) is 243 cm³/mol. The van der Waals surface area contributed by atoms with Crippen LogP contribution in [0.2, 0.25) is 0 Å². The first-order chi connectivity index (χ1) is 27.9. The Hall–Kier alpha value is -1.59. The first-order valence-corrected chi connectivity index (χ1v) is 25.4. The Morgan fingerprint density at radius 3 is 0.912 bits per heavy atom. The molecule has 0 aromatic rings. The van der Waals surface area contributed by atoms with Gasteiger partial charge in [0.05, 0.1) is 0 Å². The van der Waals surface area contributed by atoms with Gasteiger partial charge in [0.15, 0.2) is 6.10 Å². The molecule has 0 aromatic heterocycles. The van der Waals surface area contributed by atoms with Gasteiger partial charge in [-0.05, 0) is 25.2 Å². The van der Waals surface area contributed by atoms with Gasteiger partial charge in [-0.3, -0.25) is 14.4 Å². The molecule has 0 aromatic carbocycles. The van der Waals surface area contributed by atoms with E-state index in [4.69, 9.17) is 14.2 Å². The van der Waals surface area contributed by atoms with E-state index in [0.29, 0.717) is 19.3 Å². The standard InChI is InChI=1S/C51H98O6/c1-5-8-10-12-14-16-18-19-20-21-22-27-31-35-39-43-50(53)56-46-48(45-55-49(52)42-38-34-30-26-17-15-13-11-9-6-2)57-51(54)44-40-36-32-28-24-23-25-29-33-37-41-47(4)7-3/h47-48H,5-46H2,1-4H3/t47?,48-/m0/s1. The Labute approximate surface area is 355 Å². The van der Waals surface area contributed by atoms with Crippen LogP contribution >= 0.6 is 0 Å². The molecule has 1 unspecified atom stereocenters. The van der Waals surface area contributed by atoms with Crippen LogP contribution in [-0.2, 0) is 28.6 Å². The van der Waals surface area contributed by atoms with Crippen molar-refractivity contribution in [3.8, 4) is 0 Å². The summed E-state index contributed by atoms with van der Waals surface area (Å²) < 4.78 is 16.8. The minimum atomic E-state index is -0.760. The van der Waals surface area contributed by atoms with E-state index in [1.165, 1.54) is 180 Å². The number of esters is 3. The van der Waals surface area contributed by atoms with Crippen molar-refractivity contribution in [2.75, 3.05) is 13.2 Å². The highest BCUT2D eigenvalue weighted by Crippen LogP contribution is 2.17. The van der Waals surface area contributed by atoms with Gasteiger partial charge in [-0.25, -0.2) is 0 Å². The minimum Gasteiger partial charge on any atom is -0.462 e. The summed E-state index contributed by atoms with van der Waals surface area (Å²) in [5.74, 6) is 0.0201. The third kappa shape index (κ3) is 43.8. The van der Waals surface area contributed by atoms with E-state index >= 15 is 0 Å². The number of carbonyl (C=O) groups is 3. The van der Waals surface area contributed by atoms with Gasteiger partial charge >= 0.3 is 17.9 Å². The maximum atomic E-state index is 12.8. The highest BCUT2D eigenvalue weighted by molar-refractivity contribution is 5.71. The lowest BCUT2D eigenvalue weighted by Gasteiger charge is -2.18. The van der Waals surface area contributed by atoms with Crippen LogP contribution in [0, 0.1) is 5.92 Å². The van der Waals surface area contributed by atoms with Gasteiger partial charge in [-0.15, -0.1) is 0 Å². The fraction of sp³-hybridized carbons (Fsp3) is 0.941. The lowest BCUT2D eigenvalue weighted by molar-refractivity contribution is -0.167. The van der Waals surface area contributed by atoms with E-state index in [0.717, 1.165) is 63.7 Å².